The minimum atomic E-state index is 0.322. The van der Waals surface area contributed by atoms with Gasteiger partial charge < -0.3 is 15.7 Å². The molecule has 0 radical (unpaired) electrons. The summed E-state index contributed by atoms with van der Waals surface area (Å²) in [5, 5.41) is 9.56. The van der Waals surface area contributed by atoms with Crippen molar-refractivity contribution >= 4 is 5.69 Å². The normalized spacial score (nSPS) is 13.9. The number of nitrogens with two attached hydrogens (primary N) is 1. The third kappa shape index (κ3) is 4.30. The molecular formula is C21H30N2O. The molecule has 0 bridgehead atoms. The van der Waals surface area contributed by atoms with Gasteiger partial charge in [-0.3, -0.25) is 0 Å². The first kappa shape index (κ1) is 18.3. The predicted octanol–water partition coefficient (Wildman–Crippen LogP) is 4.72. The molecule has 0 aliphatic heterocycles. The average Bonchev–Trinajstić information content (AvgIpc) is 2.55. The molecule has 0 amide bonds. The Bertz CT molecular complexity index is 649. The summed E-state index contributed by atoms with van der Waals surface area (Å²) >= 11 is 0. The van der Waals surface area contributed by atoms with Crippen molar-refractivity contribution in [3.05, 3.63) is 59.2 Å². The van der Waals surface area contributed by atoms with Crippen LogP contribution in [-0.4, -0.2) is 24.1 Å². The van der Waals surface area contributed by atoms with Crippen molar-refractivity contribution in [2.45, 2.75) is 45.1 Å². The molecule has 3 nitrogen and oxygen atoms in total. The quantitative estimate of drug-likeness (QED) is 0.724. The maximum Gasteiger partial charge on any atom is 0.115 e. The number of anilines is 1. The lowest BCUT2D eigenvalue weighted by Gasteiger charge is -2.27. The lowest BCUT2D eigenvalue weighted by Crippen LogP contribution is -2.14. The van der Waals surface area contributed by atoms with E-state index in [9.17, 15) is 5.11 Å². The number of hydrogen-bond donors (Lipinski definition) is 2. The Labute approximate surface area is 146 Å². The van der Waals surface area contributed by atoms with E-state index in [0.29, 0.717) is 17.6 Å². The number of phenolic OH excluding ortho intramolecular Hbond substituents is 1. The Morgan fingerprint density at radius 3 is 2.00 bits per heavy atom. The Balaban J connectivity index is 2.36. The number of hydrogen-bond acceptors (Lipinski definition) is 3. The summed E-state index contributed by atoms with van der Waals surface area (Å²) < 4.78 is 0. The van der Waals surface area contributed by atoms with Crippen LogP contribution in [0.3, 0.4) is 0 Å². The van der Waals surface area contributed by atoms with Gasteiger partial charge in [0.15, 0.2) is 0 Å². The van der Waals surface area contributed by atoms with E-state index in [-0.39, 0.29) is 0 Å². The molecule has 130 valence electrons. The van der Waals surface area contributed by atoms with Crippen LogP contribution in [0, 0.1) is 0 Å². The summed E-state index contributed by atoms with van der Waals surface area (Å²) in [6, 6.07) is 14.1. The minimum absolute atomic E-state index is 0.322. The molecule has 0 saturated carbocycles. The monoisotopic (exact) mass is 326 g/mol. The first-order valence-corrected chi connectivity index (χ1v) is 8.78. The number of nitrogen functional groups attached to an aromatic ring is 1. The van der Waals surface area contributed by atoms with Crippen LogP contribution in [0.1, 0.15) is 55.2 Å². The van der Waals surface area contributed by atoms with E-state index >= 15 is 0 Å². The van der Waals surface area contributed by atoms with Crippen LogP contribution in [0.15, 0.2) is 42.5 Å². The van der Waals surface area contributed by atoms with E-state index in [1.165, 1.54) is 16.7 Å². The fourth-order valence-electron chi connectivity index (χ4n) is 3.56. The summed E-state index contributed by atoms with van der Waals surface area (Å²) in [7, 11) is 4.13. The molecule has 3 N–H and O–H groups in total. The smallest absolute Gasteiger partial charge is 0.115 e. The molecule has 0 heterocycles. The van der Waals surface area contributed by atoms with Gasteiger partial charge in [0.05, 0.1) is 0 Å². The van der Waals surface area contributed by atoms with Gasteiger partial charge in [-0.25, -0.2) is 0 Å². The van der Waals surface area contributed by atoms with Crippen molar-refractivity contribution in [1.29, 1.82) is 0 Å². The van der Waals surface area contributed by atoms with E-state index < -0.39 is 0 Å². The fraction of sp³-hybridized carbons (Fsp3) is 0.429. The van der Waals surface area contributed by atoms with Crippen LogP contribution < -0.4 is 5.73 Å². The van der Waals surface area contributed by atoms with Crippen LogP contribution in [0.5, 0.6) is 5.75 Å². The zero-order valence-corrected chi connectivity index (χ0v) is 15.3. The lowest BCUT2D eigenvalue weighted by molar-refractivity contribution is 0.402. The average molecular weight is 326 g/mol. The van der Waals surface area contributed by atoms with E-state index in [1.807, 2.05) is 18.2 Å². The molecule has 0 aliphatic carbocycles. The van der Waals surface area contributed by atoms with Crippen molar-refractivity contribution in [1.82, 2.24) is 4.90 Å². The molecule has 3 heteroatoms. The summed E-state index contributed by atoms with van der Waals surface area (Å²) in [6.07, 6.45) is 2.14. The van der Waals surface area contributed by atoms with Crippen LogP contribution in [0.4, 0.5) is 5.69 Å². The highest BCUT2D eigenvalue weighted by atomic mass is 16.3. The van der Waals surface area contributed by atoms with E-state index in [2.05, 4.69) is 45.0 Å². The maximum absolute atomic E-state index is 9.56. The SMILES string of the molecule is CCC(c1ccc(O)cc1)C(CC)c1ccc(N)c(CN(C)C)c1. The zero-order valence-electron chi connectivity index (χ0n) is 15.3. The highest BCUT2D eigenvalue weighted by Crippen LogP contribution is 2.39. The summed E-state index contributed by atoms with van der Waals surface area (Å²) in [5.74, 6) is 1.20. The van der Waals surface area contributed by atoms with Gasteiger partial charge in [-0.2, -0.15) is 0 Å². The van der Waals surface area contributed by atoms with Gasteiger partial charge in [0.25, 0.3) is 0 Å². The summed E-state index contributed by atoms with van der Waals surface area (Å²) in [6.45, 7) is 5.33. The Hall–Kier alpha value is -2.00. The van der Waals surface area contributed by atoms with E-state index in [4.69, 9.17) is 5.73 Å². The second-order valence-corrected chi connectivity index (χ2v) is 6.82. The van der Waals surface area contributed by atoms with Crippen molar-refractivity contribution in [3.63, 3.8) is 0 Å². The standard InChI is InChI=1S/C21H30N2O/c1-5-19(15-7-10-18(24)11-8-15)20(6-2)16-9-12-21(22)17(13-16)14-23(3)4/h7-13,19-20,24H,5-6,14,22H2,1-4H3. The molecule has 0 saturated heterocycles. The number of rotatable bonds is 7. The van der Waals surface area contributed by atoms with Crippen LogP contribution in [0.25, 0.3) is 0 Å². The molecule has 0 aromatic heterocycles. The largest absolute Gasteiger partial charge is 0.508 e. The van der Waals surface area contributed by atoms with Crippen molar-refractivity contribution in [3.8, 4) is 5.75 Å². The molecule has 24 heavy (non-hydrogen) atoms. The molecule has 0 spiro atoms. The highest BCUT2D eigenvalue weighted by Gasteiger charge is 2.22. The third-order valence-electron chi connectivity index (χ3n) is 4.77. The summed E-state index contributed by atoms with van der Waals surface area (Å²) in [5.41, 5.74) is 10.8. The third-order valence-corrected chi connectivity index (χ3v) is 4.77. The van der Waals surface area contributed by atoms with Gasteiger partial charge in [0.2, 0.25) is 0 Å². The molecule has 2 rings (SSSR count). The van der Waals surface area contributed by atoms with Crippen molar-refractivity contribution in [2.75, 3.05) is 19.8 Å². The van der Waals surface area contributed by atoms with Gasteiger partial charge in [-0.15, -0.1) is 0 Å². The molecule has 2 unspecified atom stereocenters. The summed E-state index contributed by atoms with van der Waals surface area (Å²) in [4.78, 5) is 2.15. The van der Waals surface area contributed by atoms with Crippen LogP contribution in [0.2, 0.25) is 0 Å². The van der Waals surface area contributed by atoms with Crippen LogP contribution in [-0.2, 0) is 6.54 Å². The van der Waals surface area contributed by atoms with E-state index in [1.54, 1.807) is 12.1 Å². The molecule has 2 aromatic rings. The fourth-order valence-corrected chi connectivity index (χ4v) is 3.56. The van der Waals surface area contributed by atoms with Crippen molar-refractivity contribution in [2.24, 2.45) is 0 Å². The maximum atomic E-state index is 9.56. The topological polar surface area (TPSA) is 49.5 Å². The minimum Gasteiger partial charge on any atom is -0.508 e. The Morgan fingerprint density at radius 2 is 1.46 bits per heavy atom. The lowest BCUT2D eigenvalue weighted by atomic mass is 9.78. The molecule has 2 aromatic carbocycles. The Morgan fingerprint density at radius 1 is 0.917 bits per heavy atom. The molecule has 0 fully saturated rings. The van der Waals surface area contributed by atoms with Gasteiger partial charge in [-0.1, -0.05) is 38.1 Å². The first-order chi connectivity index (χ1) is 11.5. The van der Waals surface area contributed by atoms with E-state index in [0.717, 1.165) is 25.1 Å². The number of nitrogens with zero attached hydrogens (tertiary/aromatic N) is 1. The molecule has 0 aliphatic rings. The van der Waals surface area contributed by atoms with Crippen molar-refractivity contribution < 1.29 is 5.11 Å². The van der Waals surface area contributed by atoms with Gasteiger partial charge in [0.1, 0.15) is 5.75 Å². The van der Waals surface area contributed by atoms with Gasteiger partial charge in [-0.05, 0) is 73.7 Å². The Kier molecular flexibility index (Phi) is 6.27. The highest BCUT2D eigenvalue weighted by molar-refractivity contribution is 5.49. The zero-order chi connectivity index (χ0) is 17.7. The second-order valence-electron chi connectivity index (χ2n) is 6.82. The predicted molar refractivity (Wildman–Crippen MR) is 102 cm³/mol. The number of phenols is 1. The number of aromatic hydroxyl groups is 1. The van der Waals surface area contributed by atoms with Crippen LogP contribution >= 0.6 is 0 Å². The second kappa shape index (κ2) is 8.20. The van der Waals surface area contributed by atoms with Gasteiger partial charge >= 0.3 is 0 Å². The molecular weight excluding hydrogens is 296 g/mol. The first-order valence-electron chi connectivity index (χ1n) is 8.78. The van der Waals surface area contributed by atoms with Gasteiger partial charge in [0, 0.05) is 12.2 Å². The number of benzene rings is 2. The molecule has 2 atom stereocenters.